The van der Waals surface area contributed by atoms with Crippen LogP contribution in [0.1, 0.15) is 33.0 Å². The largest absolute Gasteiger partial charge is 0.486 e. The Kier molecular flexibility index (Phi) is 6.15. The van der Waals surface area contributed by atoms with E-state index < -0.39 is 17.5 Å². The Labute approximate surface area is 172 Å². The normalized spacial score (nSPS) is 16.8. The number of ether oxygens (including phenoxy) is 2. The average Bonchev–Trinajstić information content (AvgIpc) is 3.35. The van der Waals surface area contributed by atoms with Crippen LogP contribution >= 0.6 is 0 Å². The molecule has 3 rings (SSSR count). The van der Waals surface area contributed by atoms with E-state index in [2.05, 4.69) is 25.9 Å². The molecule has 0 bridgehead atoms. The number of likely N-dealkylation sites (tertiary alicyclic amines) is 1. The summed E-state index contributed by atoms with van der Waals surface area (Å²) < 4.78 is 25.1. The second kappa shape index (κ2) is 8.77. The van der Waals surface area contributed by atoms with E-state index in [-0.39, 0.29) is 17.5 Å². The van der Waals surface area contributed by atoms with Crippen LogP contribution in [0.25, 0.3) is 5.57 Å². The molecule has 0 aliphatic carbocycles. The topological polar surface area (TPSA) is 129 Å². The van der Waals surface area contributed by atoms with Crippen molar-refractivity contribution in [2.45, 2.75) is 38.9 Å². The number of anilines is 1. The summed E-state index contributed by atoms with van der Waals surface area (Å²) in [5.74, 6) is 0.0138. The van der Waals surface area contributed by atoms with Crippen LogP contribution in [0.4, 0.5) is 14.9 Å². The number of aromatic amines is 1. The van der Waals surface area contributed by atoms with Gasteiger partial charge in [-0.25, -0.2) is 9.18 Å². The highest BCUT2D eigenvalue weighted by Crippen LogP contribution is 2.29. The lowest BCUT2D eigenvalue weighted by Gasteiger charge is -2.24. The maximum Gasteiger partial charge on any atom is 0.410 e. The minimum atomic E-state index is -0.576. The van der Waals surface area contributed by atoms with E-state index in [1.54, 1.807) is 4.90 Å². The van der Waals surface area contributed by atoms with Gasteiger partial charge < -0.3 is 19.7 Å². The van der Waals surface area contributed by atoms with E-state index in [1.807, 2.05) is 26.8 Å². The summed E-state index contributed by atoms with van der Waals surface area (Å²) in [4.78, 5) is 13.8. The number of amides is 1. The van der Waals surface area contributed by atoms with Crippen molar-refractivity contribution < 1.29 is 18.7 Å². The maximum absolute atomic E-state index is 13.8. The summed E-state index contributed by atoms with van der Waals surface area (Å²) in [6, 6.07) is 5.95. The van der Waals surface area contributed by atoms with E-state index in [4.69, 9.17) is 9.47 Å². The van der Waals surface area contributed by atoms with Gasteiger partial charge in [0.25, 0.3) is 0 Å². The van der Waals surface area contributed by atoms with E-state index >= 15 is 0 Å². The van der Waals surface area contributed by atoms with Crippen LogP contribution in [0.2, 0.25) is 0 Å². The van der Waals surface area contributed by atoms with Crippen LogP contribution in [0.3, 0.4) is 0 Å². The summed E-state index contributed by atoms with van der Waals surface area (Å²) in [6.45, 7) is 6.28. The van der Waals surface area contributed by atoms with Gasteiger partial charge in [-0.3, -0.25) is 0 Å². The van der Waals surface area contributed by atoms with Gasteiger partial charge in [0.2, 0.25) is 5.82 Å². The van der Waals surface area contributed by atoms with Crippen molar-refractivity contribution in [2.75, 3.05) is 18.4 Å². The lowest BCUT2D eigenvalue weighted by Crippen LogP contribution is -2.36. The molecule has 1 aromatic heterocycles. The van der Waals surface area contributed by atoms with E-state index in [0.29, 0.717) is 30.9 Å². The van der Waals surface area contributed by atoms with Crippen molar-refractivity contribution in [3.63, 3.8) is 0 Å². The van der Waals surface area contributed by atoms with Gasteiger partial charge in [-0.2, -0.15) is 10.5 Å². The summed E-state index contributed by atoms with van der Waals surface area (Å²) in [6.07, 6.45) is 1.28. The number of carbonyl (C=O) groups is 1. The zero-order valence-corrected chi connectivity index (χ0v) is 16.8. The third-order valence-corrected chi connectivity index (χ3v) is 4.11. The number of H-pyrrole nitrogens is 1. The van der Waals surface area contributed by atoms with Crippen molar-refractivity contribution in [3.8, 4) is 11.8 Å². The number of hydrogen-bond donors (Lipinski definition) is 2. The lowest BCUT2D eigenvalue weighted by molar-refractivity contribution is 0.0276. The van der Waals surface area contributed by atoms with Crippen molar-refractivity contribution in [3.05, 3.63) is 36.0 Å². The Bertz CT molecular complexity index is 963. The molecule has 2 N–H and O–H groups in total. The fourth-order valence-corrected chi connectivity index (χ4v) is 2.79. The quantitative estimate of drug-likeness (QED) is 0.713. The Balaban J connectivity index is 1.69. The molecule has 1 atom stereocenters. The number of tetrazole rings is 1. The molecule has 10 nitrogen and oxygen atoms in total. The van der Waals surface area contributed by atoms with Gasteiger partial charge in [-0.05, 0) is 38.1 Å². The number of nitrogens with zero attached hydrogens (tertiary/aromatic N) is 5. The van der Waals surface area contributed by atoms with Gasteiger partial charge in [0.1, 0.15) is 34.9 Å². The number of carbonyl (C=O) groups excluding carboxylic acids is 1. The van der Waals surface area contributed by atoms with Gasteiger partial charge in [0, 0.05) is 25.2 Å². The Morgan fingerprint density at radius 1 is 1.47 bits per heavy atom. The van der Waals surface area contributed by atoms with Crippen LogP contribution in [0, 0.1) is 17.1 Å². The monoisotopic (exact) mass is 415 g/mol. The molecule has 11 heteroatoms. The molecule has 1 unspecified atom stereocenters. The molecule has 0 saturated carbocycles. The fourth-order valence-electron chi connectivity index (χ4n) is 2.79. The molecule has 1 fully saturated rings. The van der Waals surface area contributed by atoms with Crippen molar-refractivity contribution >= 4 is 17.4 Å². The van der Waals surface area contributed by atoms with Crippen molar-refractivity contribution in [1.29, 1.82) is 5.26 Å². The summed E-state index contributed by atoms with van der Waals surface area (Å²) >= 11 is 0. The molecule has 30 heavy (non-hydrogen) atoms. The molecule has 1 amide bonds. The molecule has 1 aliphatic rings. The smallest absolute Gasteiger partial charge is 0.410 e. The molecule has 1 aliphatic heterocycles. The fraction of sp³-hybridized carbons (Fsp3) is 0.421. The van der Waals surface area contributed by atoms with E-state index in [9.17, 15) is 14.4 Å². The Morgan fingerprint density at radius 3 is 2.93 bits per heavy atom. The van der Waals surface area contributed by atoms with E-state index in [0.717, 1.165) is 0 Å². The summed E-state index contributed by atoms with van der Waals surface area (Å²) in [7, 11) is 0. The standard InChI is InChI=1S/C19H22FN7O3/c1-19(2,3)30-18(28)27-7-6-14(11-27)29-16-5-4-13(20)8-15(16)22-10-12(9-21)17-23-25-26-24-17/h4-5,8,10,14,22H,6-7,11H2,1-3H3,(H,23,24,25,26). The zero-order chi connectivity index (χ0) is 21.7. The number of nitriles is 1. The number of allylic oxidation sites excluding steroid dienone is 1. The van der Waals surface area contributed by atoms with Gasteiger partial charge in [-0.15, -0.1) is 10.2 Å². The second-order valence-electron chi connectivity index (χ2n) is 7.64. The predicted octanol–water partition coefficient (Wildman–Crippen LogP) is 2.70. The SMILES string of the molecule is CC(C)(C)OC(=O)N1CCC(Oc2ccc(F)cc2NC=C(C#N)c2nn[nH]n2)C1. The first-order chi connectivity index (χ1) is 14.2. The Hall–Kier alpha value is -3.68. The first-order valence-electron chi connectivity index (χ1n) is 9.30. The molecule has 2 aromatic rings. The van der Waals surface area contributed by atoms with Crippen LogP contribution < -0.4 is 10.1 Å². The average molecular weight is 415 g/mol. The second-order valence-corrected chi connectivity index (χ2v) is 7.64. The highest BCUT2D eigenvalue weighted by Gasteiger charge is 2.31. The first-order valence-corrected chi connectivity index (χ1v) is 9.30. The molecule has 1 aromatic carbocycles. The number of nitrogens with one attached hydrogen (secondary N) is 2. The molecule has 158 valence electrons. The number of aromatic nitrogens is 4. The minimum Gasteiger partial charge on any atom is -0.486 e. The number of hydrogen-bond acceptors (Lipinski definition) is 8. The van der Waals surface area contributed by atoms with Crippen molar-refractivity contribution in [1.82, 2.24) is 25.5 Å². The number of benzene rings is 1. The molecule has 1 saturated heterocycles. The van der Waals surface area contributed by atoms with Gasteiger partial charge >= 0.3 is 6.09 Å². The van der Waals surface area contributed by atoms with Crippen LogP contribution in [-0.2, 0) is 4.74 Å². The number of halogens is 1. The highest BCUT2D eigenvalue weighted by atomic mass is 19.1. The van der Waals surface area contributed by atoms with E-state index in [1.165, 1.54) is 24.4 Å². The summed E-state index contributed by atoms with van der Waals surface area (Å²) in [5, 5.41) is 25.3. The van der Waals surface area contributed by atoms with Crippen LogP contribution in [0.5, 0.6) is 5.75 Å². The zero-order valence-electron chi connectivity index (χ0n) is 16.8. The third kappa shape index (κ3) is 5.44. The van der Waals surface area contributed by atoms with Gasteiger partial charge in [-0.1, -0.05) is 0 Å². The lowest BCUT2D eigenvalue weighted by atomic mass is 10.2. The van der Waals surface area contributed by atoms with Crippen LogP contribution in [-0.4, -0.2) is 56.4 Å². The van der Waals surface area contributed by atoms with Crippen molar-refractivity contribution in [2.24, 2.45) is 0 Å². The molecule has 2 heterocycles. The molecule has 0 spiro atoms. The van der Waals surface area contributed by atoms with Gasteiger partial charge in [0.05, 0.1) is 12.2 Å². The molecular weight excluding hydrogens is 393 g/mol. The molecule has 0 radical (unpaired) electrons. The minimum absolute atomic E-state index is 0.104. The maximum atomic E-state index is 13.8. The first kappa shape index (κ1) is 21.0. The number of rotatable bonds is 5. The Morgan fingerprint density at radius 2 is 2.27 bits per heavy atom. The molecular formula is C19H22FN7O3. The van der Waals surface area contributed by atoms with Crippen LogP contribution in [0.15, 0.2) is 24.4 Å². The predicted molar refractivity (Wildman–Crippen MR) is 105 cm³/mol. The third-order valence-electron chi connectivity index (χ3n) is 4.11. The highest BCUT2D eigenvalue weighted by molar-refractivity contribution is 5.75. The summed E-state index contributed by atoms with van der Waals surface area (Å²) in [5.41, 5.74) is -0.147. The van der Waals surface area contributed by atoms with Gasteiger partial charge in [0.15, 0.2) is 0 Å².